The Balaban J connectivity index is 1.78. The first-order chi connectivity index (χ1) is 8.74. The lowest BCUT2D eigenvalue weighted by Gasteiger charge is -2.10. The Morgan fingerprint density at radius 2 is 2.39 bits per heavy atom. The fraction of sp³-hybridized carbons (Fsp3) is 0.385. The van der Waals surface area contributed by atoms with Crippen molar-refractivity contribution in [2.45, 2.75) is 32.4 Å². The predicted octanol–water partition coefficient (Wildman–Crippen LogP) is 1.90. The van der Waals surface area contributed by atoms with E-state index in [0.717, 1.165) is 18.6 Å². The van der Waals surface area contributed by atoms with Gasteiger partial charge in [-0.3, -0.25) is 0 Å². The second kappa shape index (κ2) is 4.42. The second-order valence-electron chi connectivity index (χ2n) is 4.49. The van der Waals surface area contributed by atoms with Gasteiger partial charge < -0.3 is 15.0 Å². The zero-order chi connectivity index (χ0) is 12.5. The van der Waals surface area contributed by atoms with Gasteiger partial charge in [0.2, 0.25) is 11.7 Å². The lowest BCUT2D eigenvalue weighted by Crippen LogP contribution is -2.05. The normalized spacial score (nSPS) is 17.8. The molecule has 1 aliphatic carbocycles. The van der Waals surface area contributed by atoms with Crippen LogP contribution in [-0.2, 0) is 13.0 Å². The van der Waals surface area contributed by atoms with Crippen molar-refractivity contribution in [2.75, 3.05) is 0 Å². The molecule has 0 bridgehead atoms. The van der Waals surface area contributed by atoms with E-state index in [1.54, 1.807) is 6.92 Å². The molecule has 5 nitrogen and oxygen atoms in total. The number of nitrogens with zero attached hydrogens (tertiary/aromatic N) is 2. The number of aromatic nitrogens is 2. The maximum Gasteiger partial charge on any atom is 0.223 e. The van der Waals surface area contributed by atoms with Gasteiger partial charge >= 0.3 is 0 Å². The first-order valence-electron chi connectivity index (χ1n) is 6.03. The van der Waals surface area contributed by atoms with Crippen molar-refractivity contribution in [1.82, 2.24) is 10.1 Å². The van der Waals surface area contributed by atoms with E-state index >= 15 is 0 Å². The summed E-state index contributed by atoms with van der Waals surface area (Å²) in [6.45, 7) is 2.08. The van der Waals surface area contributed by atoms with Crippen molar-refractivity contribution >= 4 is 0 Å². The summed E-state index contributed by atoms with van der Waals surface area (Å²) in [5, 5.41) is 3.80. The Morgan fingerprint density at radius 3 is 3.17 bits per heavy atom. The molecule has 5 heteroatoms. The number of hydrogen-bond donors (Lipinski definition) is 1. The van der Waals surface area contributed by atoms with Crippen LogP contribution in [0.15, 0.2) is 22.7 Å². The van der Waals surface area contributed by atoms with E-state index in [-0.39, 0.29) is 6.04 Å². The fourth-order valence-electron chi connectivity index (χ4n) is 2.33. The highest BCUT2D eigenvalue weighted by Gasteiger charge is 2.22. The van der Waals surface area contributed by atoms with E-state index < -0.39 is 0 Å². The molecular formula is C13H15N3O2. The van der Waals surface area contributed by atoms with Gasteiger partial charge in [0.05, 0.1) is 0 Å². The van der Waals surface area contributed by atoms with Crippen LogP contribution in [0.3, 0.4) is 0 Å². The van der Waals surface area contributed by atoms with Gasteiger partial charge in [0, 0.05) is 13.0 Å². The van der Waals surface area contributed by atoms with Crippen molar-refractivity contribution in [3.05, 3.63) is 41.0 Å². The van der Waals surface area contributed by atoms with E-state index in [1.807, 2.05) is 12.1 Å². The minimum Gasteiger partial charge on any atom is -0.485 e. The molecule has 0 fully saturated rings. The highest BCUT2D eigenvalue weighted by Crippen LogP contribution is 2.35. The minimum absolute atomic E-state index is 0.135. The number of benzene rings is 1. The van der Waals surface area contributed by atoms with Gasteiger partial charge in [-0.2, -0.15) is 4.98 Å². The molecule has 2 aromatic rings. The summed E-state index contributed by atoms with van der Waals surface area (Å²) >= 11 is 0. The van der Waals surface area contributed by atoms with E-state index in [0.29, 0.717) is 18.3 Å². The fourth-order valence-corrected chi connectivity index (χ4v) is 2.33. The van der Waals surface area contributed by atoms with Crippen molar-refractivity contribution < 1.29 is 9.26 Å². The smallest absolute Gasteiger partial charge is 0.223 e. The Hall–Kier alpha value is -1.88. The van der Waals surface area contributed by atoms with Gasteiger partial charge in [-0.25, -0.2) is 0 Å². The molecule has 1 heterocycles. The third kappa shape index (κ3) is 1.97. The average Bonchev–Trinajstić information content (AvgIpc) is 2.94. The number of hydrogen-bond acceptors (Lipinski definition) is 5. The van der Waals surface area contributed by atoms with E-state index in [2.05, 4.69) is 16.2 Å². The number of fused-ring (bicyclic) bond motifs is 1. The van der Waals surface area contributed by atoms with Gasteiger partial charge in [0.15, 0.2) is 6.61 Å². The topological polar surface area (TPSA) is 74.2 Å². The summed E-state index contributed by atoms with van der Waals surface area (Å²) in [6, 6.07) is 6.14. The maximum atomic E-state index is 6.03. The number of ether oxygens (including phenoxy) is 1. The van der Waals surface area contributed by atoms with Crippen LogP contribution in [0.5, 0.6) is 5.75 Å². The molecule has 0 saturated heterocycles. The van der Waals surface area contributed by atoms with E-state index in [9.17, 15) is 0 Å². The molecule has 0 radical (unpaired) electrons. The van der Waals surface area contributed by atoms with Gasteiger partial charge in [0.1, 0.15) is 5.75 Å². The SMILES string of the molecule is Cc1nc(COc2cccc3c2CCC3N)no1. The molecule has 0 spiro atoms. The van der Waals surface area contributed by atoms with Gasteiger partial charge in [-0.1, -0.05) is 17.3 Å². The van der Waals surface area contributed by atoms with Crippen molar-refractivity contribution in [3.63, 3.8) is 0 Å². The van der Waals surface area contributed by atoms with Crippen molar-refractivity contribution in [1.29, 1.82) is 0 Å². The highest BCUT2D eigenvalue weighted by atomic mass is 16.5. The Kier molecular flexibility index (Phi) is 2.76. The first-order valence-corrected chi connectivity index (χ1v) is 6.03. The summed E-state index contributed by atoms with van der Waals surface area (Å²) in [5.74, 6) is 1.99. The molecular weight excluding hydrogens is 230 g/mol. The summed E-state index contributed by atoms with van der Waals surface area (Å²) in [4.78, 5) is 4.11. The molecule has 94 valence electrons. The second-order valence-corrected chi connectivity index (χ2v) is 4.49. The van der Waals surface area contributed by atoms with Crippen molar-refractivity contribution in [2.24, 2.45) is 5.73 Å². The average molecular weight is 245 g/mol. The van der Waals surface area contributed by atoms with Crippen LogP contribution in [0.2, 0.25) is 0 Å². The lowest BCUT2D eigenvalue weighted by atomic mass is 10.1. The molecule has 1 aromatic heterocycles. The number of nitrogens with two attached hydrogens (primary N) is 1. The zero-order valence-electron chi connectivity index (χ0n) is 10.2. The molecule has 1 unspecified atom stereocenters. The first kappa shape index (κ1) is 11.2. The molecule has 0 aliphatic heterocycles. The summed E-state index contributed by atoms with van der Waals surface area (Å²) in [7, 11) is 0. The molecule has 1 aromatic carbocycles. The summed E-state index contributed by atoms with van der Waals surface area (Å²) < 4.78 is 10.7. The highest BCUT2D eigenvalue weighted by molar-refractivity contribution is 5.44. The largest absolute Gasteiger partial charge is 0.485 e. The number of aryl methyl sites for hydroxylation is 1. The van der Waals surface area contributed by atoms with Crippen LogP contribution in [0.25, 0.3) is 0 Å². The third-order valence-electron chi connectivity index (χ3n) is 3.20. The quantitative estimate of drug-likeness (QED) is 0.894. The molecule has 0 saturated carbocycles. The van der Waals surface area contributed by atoms with Gasteiger partial charge in [0.25, 0.3) is 0 Å². The maximum absolute atomic E-state index is 6.03. The predicted molar refractivity (Wildman–Crippen MR) is 65.1 cm³/mol. The van der Waals surface area contributed by atoms with Crippen LogP contribution in [-0.4, -0.2) is 10.1 Å². The minimum atomic E-state index is 0.135. The van der Waals surface area contributed by atoms with Crippen LogP contribution >= 0.6 is 0 Å². The summed E-state index contributed by atoms with van der Waals surface area (Å²) in [6.07, 6.45) is 1.95. The summed E-state index contributed by atoms with van der Waals surface area (Å²) in [5.41, 5.74) is 8.44. The number of rotatable bonds is 3. The zero-order valence-corrected chi connectivity index (χ0v) is 10.2. The molecule has 2 N–H and O–H groups in total. The Labute approximate surface area is 105 Å². The van der Waals surface area contributed by atoms with Crippen LogP contribution in [0.1, 0.15) is 35.3 Å². The third-order valence-corrected chi connectivity index (χ3v) is 3.20. The monoisotopic (exact) mass is 245 g/mol. The lowest BCUT2D eigenvalue weighted by molar-refractivity contribution is 0.283. The van der Waals surface area contributed by atoms with Crippen LogP contribution in [0.4, 0.5) is 0 Å². The van der Waals surface area contributed by atoms with Crippen LogP contribution < -0.4 is 10.5 Å². The van der Waals surface area contributed by atoms with E-state index in [1.165, 1.54) is 11.1 Å². The molecule has 1 aliphatic rings. The Bertz CT molecular complexity index is 565. The Morgan fingerprint density at radius 1 is 1.50 bits per heavy atom. The van der Waals surface area contributed by atoms with E-state index in [4.69, 9.17) is 15.0 Å². The van der Waals surface area contributed by atoms with Gasteiger partial charge in [-0.05, 0) is 30.0 Å². The van der Waals surface area contributed by atoms with Gasteiger partial charge in [-0.15, -0.1) is 0 Å². The molecule has 0 amide bonds. The molecule has 1 atom stereocenters. The molecule has 3 rings (SSSR count). The van der Waals surface area contributed by atoms with Crippen molar-refractivity contribution in [3.8, 4) is 5.75 Å². The standard InChI is InChI=1S/C13H15N3O2/c1-8-15-13(16-18-8)7-17-12-4-2-3-9-10(12)5-6-11(9)14/h2-4,11H,5-7,14H2,1H3. The van der Waals surface area contributed by atoms with Crippen LogP contribution in [0, 0.1) is 6.92 Å². The molecule has 18 heavy (non-hydrogen) atoms.